The Hall–Kier alpha value is -2.68. The van der Waals surface area contributed by atoms with Gasteiger partial charge in [-0.05, 0) is 37.1 Å². The van der Waals surface area contributed by atoms with E-state index < -0.39 is 5.92 Å². The first-order valence-electron chi connectivity index (χ1n) is 8.98. The van der Waals surface area contributed by atoms with E-state index in [1.54, 1.807) is 25.2 Å². The summed E-state index contributed by atoms with van der Waals surface area (Å²) in [6, 6.07) is 3.68. The summed E-state index contributed by atoms with van der Waals surface area (Å²) in [5, 5.41) is 0. The molecule has 0 radical (unpaired) electrons. The molecule has 2 rings (SSSR count). The smallest absolute Gasteiger partial charge is 0.166 e. The van der Waals surface area contributed by atoms with Gasteiger partial charge >= 0.3 is 0 Å². The fraction of sp³-hybridized carbons (Fsp3) is 0.304. The van der Waals surface area contributed by atoms with Gasteiger partial charge in [0.2, 0.25) is 0 Å². The fourth-order valence-electron chi connectivity index (χ4n) is 2.95. The lowest BCUT2D eigenvalue weighted by molar-refractivity contribution is -0.118. The van der Waals surface area contributed by atoms with Gasteiger partial charge in [-0.15, -0.1) is 0 Å². The fourth-order valence-corrected chi connectivity index (χ4v) is 2.95. The summed E-state index contributed by atoms with van der Waals surface area (Å²) in [7, 11) is 0. The topological polar surface area (TPSA) is 43.4 Å². The normalized spacial score (nSPS) is 14.7. The van der Waals surface area contributed by atoms with Gasteiger partial charge in [-0.1, -0.05) is 50.8 Å². The van der Waals surface area contributed by atoms with Crippen LogP contribution >= 0.6 is 0 Å². The second-order valence-corrected chi connectivity index (χ2v) is 6.49. The van der Waals surface area contributed by atoms with E-state index in [2.05, 4.69) is 6.58 Å². The van der Waals surface area contributed by atoms with Crippen LogP contribution in [-0.2, 0) is 4.79 Å². The van der Waals surface area contributed by atoms with Gasteiger partial charge < -0.3 is 4.74 Å². The molecule has 1 aromatic carbocycles. The summed E-state index contributed by atoms with van der Waals surface area (Å²) < 4.78 is 5.63. The highest BCUT2D eigenvalue weighted by molar-refractivity contribution is 6.04. The highest BCUT2D eigenvalue weighted by Gasteiger charge is 2.21. The van der Waals surface area contributed by atoms with Crippen molar-refractivity contribution in [2.75, 3.05) is 6.61 Å². The zero-order valence-corrected chi connectivity index (χ0v) is 15.7. The predicted molar refractivity (Wildman–Crippen MR) is 107 cm³/mol. The molecule has 1 atom stereocenters. The zero-order valence-electron chi connectivity index (χ0n) is 15.7. The molecule has 1 aromatic rings. The first kappa shape index (κ1) is 19.6. The van der Waals surface area contributed by atoms with Crippen LogP contribution in [0.25, 0.3) is 6.08 Å². The highest BCUT2D eigenvalue weighted by atomic mass is 16.5. The summed E-state index contributed by atoms with van der Waals surface area (Å²) in [4.78, 5) is 25.4. The maximum absolute atomic E-state index is 12.7. The Balaban J connectivity index is 2.16. The van der Waals surface area contributed by atoms with Gasteiger partial charge in [0.15, 0.2) is 11.6 Å². The molecule has 136 valence electrons. The van der Waals surface area contributed by atoms with E-state index in [4.69, 9.17) is 4.74 Å². The number of carbonyl (C=O) groups excluding carboxylic acids is 2. The summed E-state index contributed by atoms with van der Waals surface area (Å²) >= 11 is 0. The van der Waals surface area contributed by atoms with Crippen LogP contribution in [0.4, 0.5) is 0 Å². The Kier molecular flexibility index (Phi) is 6.90. The Labute approximate surface area is 155 Å². The largest absolute Gasteiger partial charge is 0.489 e. The maximum Gasteiger partial charge on any atom is 0.166 e. The third kappa shape index (κ3) is 4.69. The van der Waals surface area contributed by atoms with Crippen molar-refractivity contribution in [1.82, 2.24) is 0 Å². The van der Waals surface area contributed by atoms with Crippen molar-refractivity contribution in [3.05, 3.63) is 71.4 Å². The molecule has 1 unspecified atom stereocenters. The van der Waals surface area contributed by atoms with Gasteiger partial charge in [0.25, 0.3) is 0 Å². The quantitative estimate of drug-likeness (QED) is 0.365. The maximum atomic E-state index is 12.7. The summed E-state index contributed by atoms with van der Waals surface area (Å²) in [6.45, 7) is 9.95. The van der Waals surface area contributed by atoms with Crippen LogP contribution in [0.5, 0.6) is 5.75 Å². The van der Waals surface area contributed by atoms with Gasteiger partial charge in [0.1, 0.15) is 12.4 Å². The van der Waals surface area contributed by atoms with Crippen LogP contribution in [-0.4, -0.2) is 18.2 Å². The van der Waals surface area contributed by atoms with Crippen LogP contribution in [0.2, 0.25) is 0 Å². The lowest BCUT2D eigenvalue weighted by Crippen LogP contribution is -2.17. The van der Waals surface area contributed by atoms with Gasteiger partial charge in [-0.3, -0.25) is 9.59 Å². The molecule has 0 spiro atoms. The molecule has 0 saturated carbocycles. The predicted octanol–water partition coefficient (Wildman–Crippen LogP) is 5.26. The molecule has 0 N–H and O–H groups in total. The SMILES string of the molecule is C=C/C=C(\C=C/CC)C(=O)C(C)CC(=O)c1cc(C)c2c(c1)C=CCO2. The van der Waals surface area contributed by atoms with E-state index in [0.717, 1.165) is 23.3 Å². The van der Waals surface area contributed by atoms with E-state index >= 15 is 0 Å². The third-order valence-electron chi connectivity index (χ3n) is 4.30. The van der Waals surface area contributed by atoms with Crippen molar-refractivity contribution >= 4 is 17.6 Å². The first-order valence-corrected chi connectivity index (χ1v) is 8.98. The van der Waals surface area contributed by atoms with Crippen molar-refractivity contribution in [3.8, 4) is 5.75 Å². The average molecular weight is 350 g/mol. The van der Waals surface area contributed by atoms with Crippen LogP contribution in [0.15, 0.2) is 54.7 Å². The van der Waals surface area contributed by atoms with Crippen LogP contribution in [0, 0.1) is 12.8 Å². The number of rotatable bonds is 8. The van der Waals surface area contributed by atoms with Gasteiger partial charge in [-0.25, -0.2) is 0 Å². The molecule has 26 heavy (non-hydrogen) atoms. The second-order valence-electron chi connectivity index (χ2n) is 6.49. The molecule has 1 aliphatic rings. The number of hydrogen-bond acceptors (Lipinski definition) is 3. The van der Waals surface area contributed by atoms with Crippen LogP contribution in [0.3, 0.4) is 0 Å². The van der Waals surface area contributed by atoms with Crippen molar-refractivity contribution < 1.29 is 14.3 Å². The highest BCUT2D eigenvalue weighted by Crippen LogP contribution is 2.30. The van der Waals surface area contributed by atoms with E-state index in [-0.39, 0.29) is 18.0 Å². The molecule has 3 heteroatoms. The number of benzene rings is 1. The molecule has 0 bridgehead atoms. The number of allylic oxidation sites excluding steroid dienone is 5. The van der Waals surface area contributed by atoms with E-state index in [1.807, 2.05) is 44.2 Å². The monoisotopic (exact) mass is 350 g/mol. The molecule has 0 fully saturated rings. The van der Waals surface area contributed by atoms with Gasteiger partial charge in [0.05, 0.1) is 0 Å². The minimum Gasteiger partial charge on any atom is -0.489 e. The standard InChI is InChI=1S/C23H26O3/c1-5-7-10-18(9-6-2)22(25)16(3)14-21(24)20-13-17(4)23-19(15-20)11-8-12-26-23/h6-11,13,15-16H,2,5,12,14H2,1,3-4H3/b10-7-,18-9+. The minimum atomic E-state index is -0.390. The third-order valence-corrected chi connectivity index (χ3v) is 4.30. The van der Waals surface area contributed by atoms with Crippen molar-refractivity contribution in [2.45, 2.75) is 33.6 Å². The molecule has 1 aliphatic heterocycles. The number of ether oxygens (including phenoxy) is 1. The van der Waals surface area contributed by atoms with Gasteiger partial charge in [0, 0.05) is 29.0 Å². The van der Waals surface area contributed by atoms with E-state index in [0.29, 0.717) is 17.7 Å². The molecular formula is C23H26O3. The Morgan fingerprint density at radius 1 is 1.35 bits per heavy atom. The molecule has 0 amide bonds. The molecular weight excluding hydrogens is 324 g/mol. The Bertz CT molecular complexity index is 794. The molecule has 1 heterocycles. The molecule has 0 saturated heterocycles. The number of hydrogen-bond donors (Lipinski definition) is 0. The molecule has 0 aromatic heterocycles. The number of Topliss-reactive ketones (excluding diaryl/α,β-unsaturated/α-hetero) is 2. The van der Waals surface area contributed by atoms with Crippen molar-refractivity contribution in [3.63, 3.8) is 0 Å². The van der Waals surface area contributed by atoms with Crippen LogP contribution in [0.1, 0.15) is 48.2 Å². The molecule has 3 nitrogen and oxygen atoms in total. The zero-order chi connectivity index (χ0) is 19.1. The van der Waals surface area contributed by atoms with Crippen molar-refractivity contribution in [1.29, 1.82) is 0 Å². The Morgan fingerprint density at radius 2 is 2.12 bits per heavy atom. The van der Waals surface area contributed by atoms with Gasteiger partial charge in [-0.2, -0.15) is 0 Å². The lowest BCUT2D eigenvalue weighted by Gasteiger charge is -2.17. The lowest BCUT2D eigenvalue weighted by atomic mass is 9.90. The molecule has 0 aliphatic carbocycles. The van der Waals surface area contributed by atoms with Crippen LogP contribution < -0.4 is 4.74 Å². The number of fused-ring (bicyclic) bond motifs is 1. The average Bonchev–Trinajstić information content (AvgIpc) is 2.64. The van der Waals surface area contributed by atoms with Crippen molar-refractivity contribution in [2.24, 2.45) is 5.92 Å². The summed E-state index contributed by atoms with van der Waals surface area (Å²) in [5.74, 6) is 0.362. The van der Waals surface area contributed by atoms with E-state index in [1.165, 1.54) is 0 Å². The first-order chi connectivity index (χ1) is 12.5. The minimum absolute atomic E-state index is 0.0341. The number of aryl methyl sites for hydroxylation is 1. The number of ketones is 2. The number of carbonyl (C=O) groups is 2. The Morgan fingerprint density at radius 3 is 2.81 bits per heavy atom. The summed E-state index contributed by atoms with van der Waals surface area (Å²) in [5.41, 5.74) is 3.05. The van der Waals surface area contributed by atoms with E-state index in [9.17, 15) is 9.59 Å². The summed E-state index contributed by atoms with van der Waals surface area (Å²) in [6.07, 6.45) is 11.9. The second kappa shape index (κ2) is 9.14.